The molecule has 0 radical (unpaired) electrons. The fraction of sp³-hybridized carbons (Fsp3) is 0.217. The van der Waals surface area contributed by atoms with Crippen molar-refractivity contribution < 1.29 is 9.53 Å². The van der Waals surface area contributed by atoms with Gasteiger partial charge in [-0.2, -0.15) is 5.10 Å². The third-order valence-corrected chi connectivity index (χ3v) is 6.35. The summed E-state index contributed by atoms with van der Waals surface area (Å²) in [6, 6.07) is 13.5. The molecule has 0 fully saturated rings. The van der Waals surface area contributed by atoms with Crippen molar-refractivity contribution in [3.63, 3.8) is 0 Å². The fourth-order valence-corrected chi connectivity index (χ4v) is 4.88. The molecule has 0 spiro atoms. The summed E-state index contributed by atoms with van der Waals surface area (Å²) in [6.45, 7) is 6.26. The van der Waals surface area contributed by atoms with Crippen LogP contribution in [0.4, 0.5) is 0 Å². The van der Waals surface area contributed by atoms with E-state index in [1.165, 1.54) is 0 Å². The van der Waals surface area contributed by atoms with Crippen LogP contribution >= 0.6 is 23.4 Å². The van der Waals surface area contributed by atoms with Gasteiger partial charge in [0.1, 0.15) is 0 Å². The van der Waals surface area contributed by atoms with E-state index in [0.717, 1.165) is 37.8 Å². The average molecular weight is 440 g/mol. The van der Waals surface area contributed by atoms with E-state index >= 15 is 0 Å². The van der Waals surface area contributed by atoms with Crippen LogP contribution in [0, 0.1) is 13.8 Å². The number of aryl methyl sites for hydroxylation is 2. The lowest BCUT2D eigenvalue weighted by Crippen LogP contribution is -2.04. The van der Waals surface area contributed by atoms with Crippen molar-refractivity contribution in [2.45, 2.75) is 30.6 Å². The van der Waals surface area contributed by atoms with Crippen molar-refractivity contribution in [3.8, 4) is 5.69 Å². The predicted octanol–water partition coefficient (Wildman–Crippen LogP) is 5.96. The molecule has 4 aromatic rings. The first kappa shape index (κ1) is 20.6. The summed E-state index contributed by atoms with van der Waals surface area (Å²) in [5.41, 5.74) is 4.64. The Bertz CT molecular complexity index is 1260. The summed E-state index contributed by atoms with van der Waals surface area (Å²) < 4.78 is 9.15. The number of rotatable bonds is 5. The summed E-state index contributed by atoms with van der Waals surface area (Å²) in [5.74, 6) is -0.308. The van der Waals surface area contributed by atoms with Gasteiger partial charge in [-0.05, 0) is 51.1 Å². The number of fused-ring (bicyclic) bond motifs is 1. The van der Waals surface area contributed by atoms with Crippen LogP contribution in [-0.4, -0.2) is 26.9 Å². The topological polar surface area (TPSA) is 49.0 Å². The first-order chi connectivity index (χ1) is 14.4. The lowest BCUT2D eigenvalue weighted by molar-refractivity contribution is 0.0526. The maximum Gasteiger partial charge on any atom is 0.338 e. The molecule has 0 aliphatic heterocycles. The Morgan fingerprint density at radius 3 is 2.70 bits per heavy atom. The van der Waals surface area contributed by atoms with E-state index in [9.17, 15) is 4.79 Å². The molecular formula is C23H22ClN3O2S. The molecule has 30 heavy (non-hydrogen) atoms. The lowest BCUT2D eigenvalue weighted by atomic mass is 10.2. The third kappa shape index (κ3) is 3.73. The van der Waals surface area contributed by atoms with Crippen molar-refractivity contribution in [3.05, 3.63) is 70.6 Å². The number of aromatic nitrogens is 3. The van der Waals surface area contributed by atoms with Crippen LogP contribution in [0.15, 0.2) is 58.5 Å². The SMILES string of the molecule is CCOC(=O)c1cccc(Sc2c(C)n(-c3cn(C)nc3C)c3cc(Cl)ccc23)c1. The Labute approximate surface area is 184 Å². The van der Waals surface area contributed by atoms with E-state index in [0.29, 0.717) is 17.2 Å². The van der Waals surface area contributed by atoms with Gasteiger partial charge in [0.25, 0.3) is 0 Å². The molecule has 0 N–H and O–H groups in total. The fourth-order valence-electron chi connectivity index (χ4n) is 3.62. The smallest absolute Gasteiger partial charge is 0.338 e. The van der Waals surface area contributed by atoms with Gasteiger partial charge in [-0.3, -0.25) is 4.68 Å². The van der Waals surface area contributed by atoms with E-state index in [-0.39, 0.29) is 5.97 Å². The molecule has 0 aliphatic carbocycles. The summed E-state index contributed by atoms with van der Waals surface area (Å²) >= 11 is 7.97. The van der Waals surface area contributed by atoms with E-state index in [2.05, 4.69) is 16.6 Å². The molecule has 0 aliphatic rings. The zero-order valence-corrected chi connectivity index (χ0v) is 18.8. The molecule has 2 heterocycles. The number of esters is 1. The molecule has 0 saturated carbocycles. The number of nitrogens with zero attached hydrogens (tertiary/aromatic N) is 3. The Kier molecular flexibility index (Phi) is 5.62. The van der Waals surface area contributed by atoms with Gasteiger partial charge in [0.15, 0.2) is 0 Å². The second kappa shape index (κ2) is 8.20. The van der Waals surface area contributed by atoms with Gasteiger partial charge in [0, 0.05) is 39.1 Å². The monoisotopic (exact) mass is 439 g/mol. The molecule has 4 rings (SSSR count). The van der Waals surface area contributed by atoms with E-state index in [1.807, 2.05) is 61.2 Å². The minimum absolute atomic E-state index is 0.308. The number of carbonyl (C=O) groups excluding carboxylic acids is 1. The minimum Gasteiger partial charge on any atom is -0.462 e. The van der Waals surface area contributed by atoms with Gasteiger partial charge in [-0.25, -0.2) is 4.79 Å². The first-order valence-electron chi connectivity index (χ1n) is 9.65. The quantitative estimate of drug-likeness (QED) is 0.360. The van der Waals surface area contributed by atoms with Crippen LogP contribution < -0.4 is 0 Å². The van der Waals surface area contributed by atoms with Crippen LogP contribution in [0.25, 0.3) is 16.6 Å². The Morgan fingerprint density at radius 1 is 1.20 bits per heavy atom. The maximum absolute atomic E-state index is 12.1. The van der Waals surface area contributed by atoms with Crippen LogP contribution in [0.1, 0.15) is 28.7 Å². The molecule has 5 nitrogen and oxygen atoms in total. The van der Waals surface area contributed by atoms with E-state index in [4.69, 9.17) is 16.3 Å². The summed E-state index contributed by atoms with van der Waals surface area (Å²) in [5, 5.41) is 6.29. The Morgan fingerprint density at radius 2 is 2.00 bits per heavy atom. The number of hydrogen-bond acceptors (Lipinski definition) is 4. The highest BCUT2D eigenvalue weighted by Crippen LogP contribution is 2.41. The van der Waals surface area contributed by atoms with Gasteiger partial charge in [-0.15, -0.1) is 0 Å². The zero-order chi connectivity index (χ0) is 21.4. The van der Waals surface area contributed by atoms with E-state index in [1.54, 1.807) is 24.8 Å². The largest absolute Gasteiger partial charge is 0.462 e. The summed E-state index contributed by atoms with van der Waals surface area (Å²) in [7, 11) is 1.92. The molecule has 0 bridgehead atoms. The molecular weight excluding hydrogens is 418 g/mol. The van der Waals surface area contributed by atoms with Crippen LogP contribution in [0.5, 0.6) is 0 Å². The van der Waals surface area contributed by atoms with Crippen LogP contribution in [-0.2, 0) is 11.8 Å². The Balaban J connectivity index is 1.85. The molecule has 2 aromatic heterocycles. The first-order valence-corrected chi connectivity index (χ1v) is 10.8. The van der Waals surface area contributed by atoms with Gasteiger partial charge in [0.05, 0.1) is 29.1 Å². The van der Waals surface area contributed by atoms with Crippen molar-refractivity contribution in [2.75, 3.05) is 6.61 Å². The molecule has 154 valence electrons. The van der Waals surface area contributed by atoms with Gasteiger partial charge in [-0.1, -0.05) is 35.5 Å². The number of carbonyl (C=O) groups is 1. The molecule has 0 amide bonds. The Hall–Kier alpha value is -2.70. The normalized spacial score (nSPS) is 11.2. The van der Waals surface area contributed by atoms with Gasteiger partial charge in [0.2, 0.25) is 0 Å². The van der Waals surface area contributed by atoms with Gasteiger partial charge >= 0.3 is 5.97 Å². The average Bonchev–Trinajstić information content (AvgIpc) is 3.17. The molecule has 2 aromatic carbocycles. The minimum atomic E-state index is -0.308. The van der Waals surface area contributed by atoms with Gasteiger partial charge < -0.3 is 9.30 Å². The number of ether oxygens (including phenoxy) is 1. The van der Waals surface area contributed by atoms with Crippen molar-refractivity contribution >= 4 is 40.2 Å². The number of halogens is 1. The number of benzene rings is 2. The van der Waals surface area contributed by atoms with Crippen molar-refractivity contribution in [1.82, 2.24) is 14.3 Å². The van der Waals surface area contributed by atoms with Crippen molar-refractivity contribution in [1.29, 1.82) is 0 Å². The van der Waals surface area contributed by atoms with Crippen LogP contribution in [0.3, 0.4) is 0 Å². The highest BCUT2D eigenvalue weighted by atomic mass is 35.5. The highest BCUT2D eigenvalue weighted by Gasteiger charge is 2.19. The third-order valence-electron chi connectivity index (χ3n) is 4.90. The van der Waals surface area contributed by atoms with E-state index < -0.39 is 0 Å². The molecule has 7 heteroatoms. The standard InChI is InChI=1S/C23H22ClN3O2S/c1-5-29-23(28)16-7-6-8-18(11-16)30-22-15(3)27(21-13-26(4)25-14(21)2)20-12-17(24)9-10-19(20)22/h6-13H,5H2,1-4H3. The predicted molar refractivity (Wildman–Crippen MR) is 121 cm³/mol. The maximum atomic E-state index is 12.1. The van der Waals surface area contributed by atoms with Crippen LogP contribution in [0.2, 0.25) is 5.02 Å². The second-order valence-corrected chi connectivity index (χ2v) is 8.56. The molecule has 0 saturated heterocycles. The summed E-state index contributed by atoms with van der Waals surface area (Å²) in [4.78, 5) is 14.2. The highest BCUT2D eigenvalue weighted by molar-refractivity contribution is 7.99. The molecule has 0 unspecified atom stereocenters. The van der Waals surface area contributed by atoms with Crippen molar-refractivity contribution in [2.24, 2.45) is 7.05 Å². The summed E-state index contributed by atoms with van der Waals surface area (Å²) in [6.07, 6.45) is 2.01. The second-order valence-electron chi connectivity index (χ2n) is 7.04. The zero-order valence-electron chi connectivity index (χ0n) is 17.3. The lowest BCUT2D eigenvalue weighted by Gasteiger charge is -2.08. The number of hydrogen-bond donors (Lipinski definition) is 0. The molecule has 0 atom stereocenters.